The summed E-state index contributed by atoms with van der Waals surface area (Å²) in [6.45, 7) is 6.26. The minimum atomic E-state index is -1.99. The van der Waals surface area contributed by atoms with Crippen molar-refractivity contribution >= 4 is 17.5 Å². The average molecular weight is 727 g/mol. The van der Waals surface area contributed by atoms with Crippen LogP contribution >= 0.6 is 0 Å². The summed E-state index contributed by atoms with van der Waals surface area (Å²) >= 11 is 0. The van der Waals surface area contributed by atoms with Crippen LogP contribution in [0.1, 0.15) is 110 Å². The molecular weight excluding hydrogens is 660 g/mol. The number of esters is 1. The number of Topliss-reactive ketones (excluding diaryl/α,β-unsaturated/α-hetero) is 2. The number of ether oxygens (including phenoxy) is 2. The highest BCUT2D eigenvalue weighted by molar-refractivity contribution is 6.23. The van der Waals surface area contributed by atoms with Gasteiger partial charge in [0.25, 0.3) is 5.60 Å². The summed E-state index contributed by atoms with van der Waals surface area (Å²) in [4.78, 5) is 43.9. The molecule has 292 valence electrons. The molecule has 6 N–H and O–H groups in total. The molecule has 2 heterocycles. The molecule has 11 heteroatoms. The Bertz CT molecular complexity index is 1340. The Hall–Kier alpha value is -1.99. The van der Waals surface area contributed by atoms with Gasteiger partial charge in [-0.1, -0.05) is 37.5 Å². The van der Waals surface area contributed by atoms with E-state index in [0.717, 1.165) is 89.5 Å². The Labute approximate surface area is 310 Å². The fraction of sp³-hybridized carbons (Fsp3) is 0.829. The summed E-state index contributed by atoms with van der Waals surface area (Å²) in [5, 5.41) is 34.4. The molecule has 2 aliphatic heterocycles. The standard InChI is InChI=1S/C41H66N4O7/c1-4-43-34-22-29-11-6-5-10-28(29)21-33(34)35(14-9-19-46)51-39(50)41-38(49)32-13-8-7-12-31(32)37(48)40(41,52-41)23-30(24-47)26(2)15-16-27-17-18-44-36(20-27)45-25-42-3/h6,11,27-29,31-36,42-47H,4-5,7-10,12-25H2,1-3H3/t27?,28-,29-,31?,32?,33-,34-,35-,36?,40-,41-/m0/s1. The van der Waals surface area contributed by atoms with Crippen molar-refractivity contribution in [1.82, 2.24) is 21.3 Å². The van der Waals surface area contributed by atoms with Gasteiger partial charge >= 0.3 is 5.97 Å². The fourth-order valence-corrected chi connectivity index (χ4v) is 10.7. The van der Waals surface area contributed by atoms with Crippen LogP contribution in [0.4, 0.5) is 0 Å². The number of nitrogens with one attached hydrogen (secondary N) is 4. The first-order valence-electron chi connectivity index (χ1n) is 20.6. The predicted molar refractivity (Wildman–Crippen MR) is 199 cm³/mol. The van der Waals surface area contributed by atoms with Crippen LogP contribution in [0.15, 0.2) is 23.3 Å². The average Bonchev–Trinajstić information content (AvgIpc) is 3.87. The zero-order valence-electron chi connectivity index (χ0n) is 31.9. The van der Waals surface area contributed by atoms with E-state index in [2.05, 4.69) is 40.3 Å². The Morgan fingerprint density at radius 1 is 1.08 bits per heavy atom. The Morgan fingerprint density at radius 3 is 2.60 bits per heavy atom. The van der Waals surface area contributed by atoms with Gasteiger partial charge in [-0.25, -0.2) is 4.79 Å². The largest absolute Gasteiger partial charge is 0.459 e. The van der Waals surface area contributed by atoms with E-state index in [9.17, 15) is 24.6 Å². The lowest BCUT2D eigenvalue weighted by Crippen LogP contribution is -2.59. The third-order valence-corrected chi connectivity index (χ3v) is 13.7. The number of aliphatic hydroxyl groups excluding tert-OH is 2. The number of allylic oxidation sites excluding steroid dienone is 3. The van der Waals surface area contributed by atoms with Gasteiger partial charge < -0.3 is 35.6 Å². The van der Waals surface area contributed by atoms with Crippen molar-refractivity contribution in [3.05, 3.63) is 23.3 Å². The van der Waals surface area contributed by atoms with Gasteiger partial charge in [-0.3, -0.25) is 14.9 Å². The molecule has 5 fully saturated rings. The normalized spacial score (nSPS) is 38.1. The van der Waals surface area contributed by atoms with Gasteiger partial charge in [0.05, 0.1) is 12.8 Å². The lowest BCUT2D eigenvalue weighted by atomic mass is 9.60. The zero-order chi connectivity index (χ0) is 36.9. The van der Waals surface area contributed by atoms with Gasteiger partial charge in [0.1, 0.15) is 6.10 Å². The lowest BCUT2D eigenvalue weighted by molar-refractivity contribution is -0.167. The molecule has 3 saturated carbocycles. The maximum absolute atomic E-state index is 14.7. The number of piperidine rings is 1. The molecule has 11 atom stereocenters. The van der Waals surface area contributed by atoms with E-state index in [1.807, 2.05) is 14.0 Å². The Morgan fingerprint density at radius 2 is 1.87 bits per heavy atom. The fourth-order valence-electron chi connectivity index (χ4n) is 10.7. The Balaban J connectivity index is 1.24. The van der Waals surface area contributed by atoms with Crippen molar-refractivity contribution in [2.75, 3.05) is 40.0 Å². The smallest absolute Gasteiger partial charge is 0.350 e. The molecule has 0 aromatic carbocycles. The topological polar surface area (TPSA) is 162 Å². The SMILES string of the molecule is CCN[C@H]1C[C@@H]2C=CCC[C@H]2C[C@@H]1[C@H](CCCO)OC(=O)[C@]12O[C@@]1(CC(CO)=C(C)CCC1CCNC(NCNC)C1)C(=O)C1CCCCC1C2=O. The molecule has 0 bridgehead atoms. The number of carbonyl (C=O) groups is 3. The van der Waals surface area contributed by atoms with E-state index in [1.165, 1.54) is 0 Å². The number of epoxide rings is 1. The summed E-state index contributed by atoms with van der Waals surface area (Å²) in [5.74, 6) is -0.737. The van der Waals surface area contributed by atoms with Crippen LogP contribution < -0.4 is 21.3 Å². The second-order valence-electron chi connectivity index (χ2n) is 16.8. The minimum absolute atomic E-state index is 0.0164. The van der Waals surface area contributed by atoms with Crippen molar-refractivity contribution in [3.8, 4) is 0 Å². The highest BCUT2D eigenvalue weighted by Crippen LogP contribution is 2.62. The second kappa shape index (κ2) is 17.6. The molecule has 2 saturated heterocycles. The molecule has 6 aliphatic rings. The van der Waals surface area contributed by atoms with Gasteiger partial charge in [0, 0.05) is 43.5 Å². The molecule has 0 spiro atoms. The maximum Gasteiger partial charge on any atom is 0.350 e. The summed E-state index contributed by atoms with van der Waals surface area (Å²) in [7, 11) is 1.92. The van der Waals surface area contributed by atoms with Crippen molar-refractivity contribution in [2.45, 2.75) is 140 Å². The lowest BCUT2D eigenvalue weighted by Gasteiger charge is -2.45. The van der Waals surface area contributed by atoms with E-state index in [1.54, 1.807) is 0 Å². The van der Waals surface area contributed by atoms with Crippen LogP contribution in [0.25, 0.3) is 0 Å². The molecular formula is C41H66N4O7. The van der Waals surface area contributed by atoms with Crippen LogP contribution in [0.3, 0.4) is 0 Å². The maximum atomic E-state index is 14.7. The molecule has 0 aromatic heterocycles. The number of aliphatic hydroxyl groups is 2. The molecule has 0 amide bonds. The highest BCUT2D eigenvalue weighted by Gasteiger charge is 2.87. The van der Waals surface area contributed by atoms with Gasteiger partial charge in [-0.2, -0.15) is 0 Å². The minimum Gasteiger partial charge on any atom is -0.459 e. The van der Waals surface area contributed by atoms with E-state index >= 15 is 0 Å². The van der Waals surface area contributed by atoms with Gasteiger partial charge in [-0.05, 0) is 127 Å². The van der Waals surface area contributed by atoms with Gasteiger partial charge in [0.15, 0.2) is 17.2 Å². The summed E-state index contributed by atoms with van der Waals surface area (Å²) in [6.07, 6.45) is 16.0. The molecule has 0 radical (unpaired) electrons. The van der Waals surface area contributed by atoms with Crippen molar-refractivity contribution < 1.29 is 34.1 Å². The third kappa shape index (κ3) is 7.88. The van der Waals surface area contributed by atoms with E-state index < -0.39 is 35.1 Å². The second-order valence-corrected chi connectivity index (χ2v) is 16.8. The van der Waals surface area contributed by atoms with Crippen molar-refractivity contribution in [1.29, 1.82) is 0 Å². The zero-order valence-corrected chi connectivity index (χ0v) is 31.9. The number of hydrogen-bond acceptors (Lipinski definition) is 11. The third-order valence-electron chi connectivity index (χ3n) is 13.7. The van der Waals surface area contributed by atoms with Crippen molar-refractivity contribution in [3.63, 3.8) is 0 Å². The van der Waals surface area contributed by atoms with Crippen LogP contribution in [-0.2, 0) is 23.9 Å². The molecule has 6 rings (SSSR count). The number of carbonyl (C=O) groups excluding carboxylic acids is 3. The number of ketones is 2. The first-order valence-corrected chi connectivity index (χ1v) is 20.6. The summed E-state index contributed by atoms with van der Waals surface area (Å²) in [5.41, 5.74) is -1.96. The quantitative estimate of drug-likeness (QED) is 0.0427. The van der Waals surface area contributed by atoms with Crippen LogP contribution in [-0.4, -0.2) is 97.3 Å². The molecule has 11 nitrogen and oxygen atoms in total. The van der Waals surface area contributed by atoms with E-state index in [0.29, 0.717) is 49.0 Å². The first kappa shape index (κ1) is 39.7. The van der Waals surface area contributed by atoms with Gasteiger partial charge in [-0.15, -0.1) is 0 Å². The predicted octanol–water partition coefficient (Wildman–Crippen LogP) is 3.68. The van der Waals surface area contributed by atoms with Crippen molar-refractivity contribution in [2.24, 2.45) is 35.5 Å². The number of rotatable bonds is 17. The molecule has 0 aromatic rings. The first-order chi connectivity index (χ1) is 25.2. The Kier molecular flexibility index (Phi) is 13.5. The monoisotopic (exact) mass is 726 g/mol. The van der Waals surface area contributed by atoms with Crippen LogP contribution in [0.5, 0.6) is 0 Å². The summed E-state index contributed by atoms with van der Waals surface area (Å²) < 4.78 is 12.9. The van der Waals surface area contributed by atoms with E-state index in [4.69, 9.17) is 9.47 Å². The van der Waals surface area contributed by atoms with Crippen LogP contribution in [0.2, 0.25) is 0 Å². The molecule has 4 unspecified atom stereocenters. The highest BCUT2D eigenvalue weighted by atomic mass is 16.7. The number of fused-ring (bicyclic) bond motifs is 3. The molecule has 4 aliphatic carbocycles. The summed E-state index contributed by atoms with van der Waals surface area (Å²) in [6, 6.07) is 0.125. The van der Waals surface area contributed by atoms with E-state index in [-0.39, 0.29) is 49.3 Å². The molecule has 52 heavy (non-hydrogen) atoms. The van der Waals surface area contributed by atoms with Gasteiger partial charge in [0.2, 0.25) is 0 Å². The van der Waals surface area contributed by atoms with Crippen LogP contribution in [0, 0.1) is 35.5 Å². The number of hydrogen-bond donors (Lipinski definition) is 6.